The van der Waals surface area contributed by atoms with E-state index >= 15 is 0 Å². The molecule has 0 spiro atoms. The molecule has 4 aliphatic rings. The first-order chi connectivity index (χ1) is 39.7. The van der Waals surface area contributed by atoms with Crippen molar-refractivity contribution >= 4 is 46.3 Å². The number of halogens is 3. The summed E-state index contributed by atoms with van der Waals surface area (Å²) in [5.41, 5.74) is 4.59. The fraction of sp³-hybridized carbons (Fsp3) is 0.515. The minimum atomic E-state index is -0.513. The van der Waals surface area contributed by atoms with Gasteiger partial charge >= 0.3 is 35.2 Å². The van der Waals surface area contributed by atoms with Gasteiger partial charge < -0.3 is 45.7 Å². The van der Waals surface area contributed by atoms with E-state index in [1.165, 1.54) is 29.3 Å². The zero-order chi connectivity index (χ0) is 59.3. The number of carbonyl (C=O) groups is 2. The Kier molecular flexibility index (Phi) is 25.9. The molecule has 0 saturated carbocycles. The summed E-state index contributed by atoms with van der Waals surface area (Å²) >= 11 is 0. The average Bonchev–Trinajstić information content (AvgIpc) is 2.52. The van der Waals surface area contributed by atoms with Crippen molar-refractivity contribution in [2.45, 2.75) is 130 Å². The van der Waals surface area contributed by atoms with Crippen LogP contribution in [0, 0.1) is 29.5 Å². The number of nitrogens with zero attached hydrogens (tertiary/aromatic N) is 9. The number of carbonyl (C=O) groups excluding carboxylic acids is 2. The third kappa shape index (κ3) is 19.8. The number of amides is 2. The van der Waals surface area contributed by atoms with Crippen molar-refractivity contribution in [3.05, 3.63) is 156 Å². The first kappa shape index (κ1) is 68.7. The number of fused-ring (bicyclic) bond motifs is 1. The van der Waals surface area contributed by atoms with Gasteiger partial charge in [-0.15, -0.1) is 17.2 Å². The van der Waals surface area contributed by atoms with Crippen molar-refractivity contribution < 1.29 is 54.3 Å². The molecular weight excluding hydrogens is 1160 g/mol. The van der Waals surface area contributed by atoms with Gasteiger partial charge in [-0.05, 0) is 184 Å². The molecule has 0 bridgehead atoms. The number of benzene rings is 5. The number of piperazine rings is 2. The number of ether oxygens (including phenoxy) is 4. The molecule has 5 heterocycles. The van der Waals surface area contributed by atoms with E-state index in [1.807, 2.05) is 93.8 Å². The van der Waals surface area contributed by atoms with Crippen LogP contribution in [0.2, 0.25) is 0 Å². The third-order valence-corrected chi connectivity index (χ3v) is 16.1. The number of rotatable bonds is 12. The maximum atomic E-state index is 14.3. The second-order valence-electron chi connectivity index (χ2n) is 24.6. The van der Waals surface area contributed by atoms with E-state index in [0.29, 0.717) is 38.0 Å². The van der Waals surface area contributed by atoms with E-state index in [0.717, 1.165) is 106 Å². The molecule has 85 heavy (non-hydrogen) atoms. The topological polar surface area (TPSA) is 121 Å². The SMILES string of the molecule is COc1ccc(CN2CCC(C(N3CCN(C(=O)OC(C)(C)C)C[C@@H]3C)n3nnc4ccccc43)CC2)cc1.COc1ccc(CN2CCC(C(c3cccc(F)c3)N3CCN(C(=O)OC(C)(C)C)C[C@@H]3C)CC2)cc1.Fc1c[c-]ccc1.[Br-].[Mg+2]. The molecule has 0 radical (unpaired) electrons. The molecule has 4 fully saturated rings. The first-order valence-corrected chi connectivity index (χ1v) is 29.6. The summed E-state index contributed by atoms with van der Waals surface area (Å²) < 4.78 is 50.2. The average molecular weight is 1250 g/mol. The fourth-order valence-electron chi connectivity index (χ4n) is 12.0. The van der Waals surface area contributed by atoms with E-state index in [-0.39, 0.29) is 88.1 Å². The summed E-state index contributed by atoms with van der Waals surface area (Å²) in [5, 5.41) is 9.18. The van der Waals surface area contributed by atoms with Crippen LogP contribution in [0.3, 0.4) is 0 Å². The van der Waals surface area contributed by atoms with Gasteiger partial charge in [-0.25, -0.2) is 18.7 Å². The third-order valence-electron chi connectivity index (χ3n) is 16.1. The van der Waals surface area contributed by atoms with Gasteiger partial charge in [0, 0.05) is 76.3 Å². The van der Waals surface area contributed by atoms with E-state index in [1.54, 1.807) is 32.4 Å². The van der Waals surface area contributed by atoms with Crippen molar-refractivity contribution in [1.82, 2.24) is 44.4 Å². The van der Waals surface area contributed by atoms with Crippen LogP contribution >= 0.6 is 0 Å². The van der Waals surface area contributed by atoms with E-state index in [4.69, 9.17) is 18.9 Å². The molecule has 0 aliphatic carbocycles. The molecule has 19 heteroatoms. The number of para-hydroxylation sites is 1. The van der Waals surface area contributed by atoms with Crippen LogP contribution in [0.4, 0.5) is 18.4 Å². The van der Waals surface area contributed by atoms with Gasteiger partial charge in [-0.1, -0.05) is 53.7 Å². The predicted molar refractivity (Wildman–Crippen MR) is 327 cm³/mol. The zero-order valence-electron chi connectivity index (χ0n) is 51.6. The maximum Gasteiger partial charge on any atom is 2.00 e. The second-order valence-corrected chi connectivity index (χ2v) is 24.6. The largest absolute Gasteiger partial charge is 2.00 e. The van der Waals surface area contributed by atoms with Crippen LogP contribution in [0.1, 0.15) is 110 Å². The monoisotopic (exact) mass is 1240 g/mol. The van der Waals surface area contributed by atoms with Crippen LogP contribution in [-0.4, -0.2) is 183 Å². The Bertz CT molecular complexity index is 2970. The number of piperidine rings is 2. The summed E-state index contributed by atoms with van der Waals surface area (Å²) in [6.07, 6.45) is 3.85. The number of methoxy groups -OCH3 is 2. The predicted octanol–water partition coefficient (Wildman–Crippen LogP) is 8.77. The Labute approximate surface area is 530 Å². The van der Waals surface area contributed by atoms with Crippen molar-refractivity contribution in [3.63, 3.8) is 0 Å². The molecule has 4 atom stereocenters. The van der Waals surface area contributed by atoms with Crippen LogP contribution in [-0.2, 0) is 22.6 Å². The fourth-order valence-corrected chi connectivity index (χ4v) is 12.0. The van der Waals surface area contributed by atoms with E-state index in [9.17, 15) is 18.4 Å². The Morgan fingerprint density at radius 1 is 0.612 bits per heavy atom. The summed E-state index contributed by atoms with van der Waals surface area (Å²) in [6.45, 7) is 25.8. The summed E-state index contributed by atoms with van der Waals surface area (Å²) in [6, 6.07) is 40.9. The Balaban J connectivity index is 0.000000239. The zero-order valence-corrected chi connectivity index (χ0v) is 54.6. The van der Waals surface area contributed by atoms with E-state index in [2.05, 4.69) is 97.0 Å². The number of hydrogen-bond acceptors (Lipinski definition) is 12. The molecular formula is C66H88BrF2MgN9O6. The van der Waals surface area contributed by atoms with Crippen molar-refractivity contribution in [3.8, 4) is 11.5 Å². The Morgan fingerprint density at radius 2 is 1.11 bits per heavy atom. The molecule has 5 aromatic carbocycles. The van der Waals surface area contributed by atoms with Crippen molar-refractivity contribution in [2.24, 2.45) is 11.8 Å². The number of hydrogen-bond donors (Lipinski definition) is 0. The summed E-state index contributed by atoms with van der Waals surface area (Å²) in [7, 11) is 3.39. The quantitative estimate of drug-likeness (QED) is 0.0861. The minimum absolute atomic E-state index is 0. The molecule has 4 saturated heterocycles. The van der Waals surface area contributed by atoms with Crippen LogP contribution in [0.25, 0.3) is 11.0 Å². The molecule has 10 rings (SSSR count). The molecule has 1 aromatic heterocycles. The molecule has 4 aliphatic heterocycles. The van der Waals surface area contributed by atoms with E-state index < -0.39 is 11.2 Å². The van der Waals surface area contributed by atoms with Crippen molar-refractivity contribution in [2.75, 3.05) is 79.7 Å². The maximum absolute atomic E-state index is 14.3. The normalized spacial score (nSPS) is 19.4. The summed E-state index contributed by atoms with van der Waals surface area (Å²) in [5.74, 6) is 2.19. The Hall–Kier alpha value is -5.41. The van der Waals surface area contributed by atoms with Gasteiger partial charge in [-0.3, -0.25) is 24.0 Å². The second kappa shape index (κ2) is 32.0. The molecule has 6 aromatic rings. The summed E-state index contributed by atoms with van der Waals surface area (Å²) in [4.78, 5) is 39.2. The smallest absolute Gasteiger partial charge is 1.00 e. The standard InChI is InChI=1S/C30H42FN3O3.C30H42N6O3.C6H4F.BrH.Mg/c1-22-20-33(29(35)37-30(2,3)4)17-18-34(22)28(25-7-6-8-26(31)19-25)24-13-15-32(16-14-24)21-23-9-11-27(36-5)12-10-23;1-22-20-34(29(37)39-30(2,3)4)18-19-35(22)28(36-27-9-7-6-8-26(27)31-32-36)24-14-16-33(17-15-24)21-23-10-12-25(38-5)13-11-23;7-6-4-2-1-3-5-6;;/h6-12,19,22,24,28H,13-18,20-21H2,1-5H3;6-13,22,24,28H,14-21H2,1-5H3;1-2,4-5H;1H;/q;;-1;;+2/p-1/t2*22-,28?;;;/m00.../s1. The Morgan fingerprint density at radius 3 is 1.55 bits per heavy atom. The minimum Gasteiger partial charge on any atom is -1.00 e. The first-order valence-electron chi connectivity index (χ1n) is 29.6. The van der Waals surface area contributed by atoms with Gasteiger partial charge in [0.1, 0.15) is 40.2 Å². The van der Waals surface area contributed by atoms with Gasteiger partial charge in [0.15, 0.2) is 0 Å². The molecule has 2 amide bonds. The molecule has 0 N–H and O–H groups in total. The van der Waals surface area contributed by atoms with Crippen LogP contribution in [0.15, 0.2) is 121 Å². The van der Waals surface area contributed by atoms with Gasteiger partial charge in [0.05, 0.1) is 19.7 Å². The molecule has 15 nitrogen and oxygen atoms in total. The van der Waals surface area contributed by atoms with Crippen LogP contribution in [0.5, 0.6) is 11.5 Å². The molecule has 456 valence electrons. The van der Waals surface area contributed by atoms with Gasteiger partial charge in [0.2, 0.25) is 0 Å². The van der Waals surface area contributed by atoms with Crippen LogP contribution < -0.4 is 26.5 Å². The van der Waals surface area contributed by atoms with Gasteiger partial charge in [-0.2, -0.15) is 18.2 Å². The number of aromatic nitrogens is 3. The van der Waals surface area contributed by atoms with Crippen molar-refractivity contribution in [1.29, 1.82) is 0 Å². The van der Waals surface area contributed by atoms with Gasteiger partial charge in [0.25, 0.3) is 0 Å². The number of likely N-dealkylation sites (tertiary alicyclic amines) is 2. The molecule has 2 unspecified atom stereocenters.